The smallest absolute Gasteiger partial charge is 0.265 e. The molecule has 1 aliphatic rings. The number of carbonyl (C=O) groups excluding carboxylic acids is 1. The number of oxime groups is 1. The zero-order valence-electron chi connectivity index (χ0n) is 16.1. The Hall–Kier alpha value is -2.13. The minimum atomic E-state index is -3.50. The fourth-order valence-corrected chi connectivity index (χ4v) is 4.77. The summed E-state index contributed by atoms with van der Waals surface area (Å²) in [5, 5.41) is 7.18. The summed E-state index contributed by atoms with van der Waals surface area (Å²) in [7, 11) is -3.50. The van der Waals surface area contributed by atoms with Gasteiger partial charge in [0.15, 0.2) is 6.61 Å². The van der Waals surface area contributed by atoms with Crippen LogP contribution < -0.4 is 5.32 Å². The van der Waals surface area contributed by atoms with Crippen molar-refractivity contribution in [2.24, 2.45) is 5.16 Å². The number of benzene rings is 2. The number of piperidine rings is 1. The molecular weight excluding hydrogens is 449 g/mol. The summed E-state index contributed by atoms with van der Waals surface area (Å²) in [6.45, 7) is 0.785. The normalized spacial score (nSPS) is 15.3. The maximum atomic E-state index is 12.6. The molecule has 0 aromatic heterocycles. The molecule has 0 radical (unpaired) electrons. The van der Waals surface area contributed by atoms with E-state index in [0.29, 0.717) is 34.4 Å². The first-order valence-corrected chi connectivity index (χ1v) is 11.6. The number of rotatable bonds is 7. The second-order valence-electron chi connectivity index (χ2n) is 6.72. The van der Waals surface area contributed by atoms with Gasteiger partial charge in [0.2, 0.25) is 10.0 Å². The summed E-state index contributed by atoms with van der Waals surface area (Å²) in [6, 6.07) is 11.0. The molecule has 10 heteroatoms. The molecule has 7 nitrogen and oxygen atoms in total. The van der Waals surface area contributed by atoms with E-state index in [4.69, 9.17) is 28.0 Å². The lowest BCUT2D eigenvalue weighted by molar-refractivity contribution is -0.120. The van der Waals surface area contributed by atoms with Crippen molar-refractivity contribution in [3.8, 4) is 0 Å². The van der Waals surface area contributed by atoms with Gasteiger partial charge in [0, 0.05) is 18.8 Å². The van der Waals surface area contributed by atoms with Crippen molar-refractivity contribution in [3.05, 3.63) is 58.1 Å². The van der Waals surface area contributed by atoms with E-state index in [2.05, 4.69) is 10.5 Å². The van der Waals surface area contributed by atoms with E-state index in [-0.39, 0.29) is 11.5 Å². The Kier molecular flexibility index (Phi) is 7.71. The van der Waals surface area contributed by atoms with Crippen LogP contribution in [-0.2, 0) is 19.7 Å². The molecule has 0 saturated carbocycles. The van der Waals surface area contributed by atoms with Gasteiger partial charge in [-0.25, -0.2) is 8.42 Å². The van der Waals surface area contributed by atoms with E-state index in [1.54, 1.807) is 30.3 Å². The maximum Gasteiger partial charge on any atom is 0.265 e. The topological polar surface area (TPSA) is 88.1 Å². The molecular formula is C20H21Cl2N3O4S. The first kappa shape index (κ1) is 22.6. The third-order valence-corrected chi connectivity index (χ3v) is 7.16. The monoisotopic (exact) mass is 469 g/mol. The Labute approximate surface area is 185 Å². The molecule has 0 bridgehead atoms. The highest BCUT2D eigenvalue weighted by molar-refractivity contribution is 7.89. The highest BCUT2D eigenvalue weighted by Crippen LogP contribution is 2.23. The van der Waals surface area contributed by atoms with Crippen molar-refractivity contribution < 1.29 is 18.0 Å². The highest BCUT2D eigenvalue weighted by Gasteiger charge is 2.25. The SMILES string of the molecule is O=C(CON=Cc1ccc(Cl)c(Cl)c1)Nc1ccc(S(=O)(=O)N2CCCCC2)cc1. The standard InChI is InChI=1S/C20H21Cl2N3O4S/c21-18-9-4-15(12-19(18)22)13-23-29-14-20(26)24-16-5-7-17(8-6-16)30(27,28)25-10-2-1-3-11-25/h4-9,12-13H,1-3,10-11,14H2,(H,24,26). The predicted octanol–water partition coefficient (Wildman–Crippen LogP) is 4.16. The summed E-state index contributed by atoms with van der Waals surface area (Å²) in [5.74, 6) is -0.423. The number of carbonyl (C=O) groups is 1. The Morgan fingerprint density at radius 3 is 2.43 bits per heavy atom. The molecule has 0 atom stereocenters. The number of amides is 1. The fraction of sp³-hybridized carbons (Fsp3) is 0.300. The molecule has 1 aliphatic heterocycles. The van der Waals surface area contributed by atoms with Crippen LogP contribution in [0.15, 0.2) is 52.5 Å². The molecule has 2 aromatic rings. The van der Waals surface area contributed by atoms with Crippen LogP contribution in [0.25, 0.3) is 0 Å². The van der Waals surface area contributed by atoms with Crippen LogP contribution >= 0.6 is 23.2 Å². The van der Waals surface area contributed by atoms with Crippen LogP contribution in [-0.4, -0.2) is 44.5 Å². The maximum absolute atomic E-state index is 12.6. The first-order valence-electron chi connectivity index (χ1n) is 9.37. The van der Waals surface area contributed by atoms with Crippen LogP contribution in [0.2, 0.25) is 10.0 Å². The quantitative estimate of drug-likeness (QED) is 0.486. The molecule has 1 amide bonds. The highest BCUT2D eigenvalue weighted by atomic mass is 35.5. The molecule has 0 aliphatic carbocycles. The molecule has 1 N–H and O–H groups in total. The van der Waals surface area contributed by atoms with E-state index in [1.165, 1.54) is 22.7 Å². The van der Waals surface area contributed by atoms with Gasteiger partial charge >= 0.3 is 0 Å². The lowest BCUT2D eigenvalue weighted by Gasteiger charge is -2.25. The average Bonchev–Trinajstić information content (AvgIpc) is 2.75. The largest absolute Gasteiger partial charge is 0.386 e. The number of hydrogen-bond donors (Lipinski definition) is 1. The summed E-state index contributed by atoms with van der Waals surface area (Å²) < 4.78 is 26.8. The van der Waals surface area contributed by atoms with Crippen molar-refractivity contribution in [1.29, 1.82) is 0 Å². The summed E-state index contributed by atoms with van der Waals surface area (Å²) in [4.78, 5) is 17.2. The number of anilines is 1. The number of halogens is 2. The number of nitrogens with one attached hydrogen (secondary N) is 1. The van der Waals surface area contributed by atoms with Crippen LogP contribution in [0.3, 0.4) is 0 Å². The molecule has 0 spiro atoms. The van der Waals surface area contributed by atoms with Crippen molar-refractivity contribution >= 4 is 51.0 Å². The van der Waals surface area contributed by atoms with Gasteiger partial charge in [0.05, 0.1) is 21.2 Å². The Morgan fingerprint density at radius 1 is 1.07 bits per heavy atom. The summed E-state index contributed by atoms with van der Waals surface area (Å²) in [5.41, 5.74) is 1.14. The summed E-state index contributed by atoms with van der Waals surface area (Å²) >= 11 is 11.8. The molecule has 160 valence electrons. The number of sulfonamides is 1. The minimum absolute atomic E-state index is 0.213. The number of nitrogens with zero attached hydrogens (tertiary/aromatic N) is 2. The average molecular weight is 470 g/mol. The van der Waals surface area contributed by atoms with E-state index in [1.807, 2.05) is 0 Å². The molecule has 1 saturated heterocycles. The third kappa shape index (κ3) is 5.95. The van der Waals surface area contributed by atoms with Crippen LogP contribution in [0.1, 0.15) is 24.8 Å². The van der Waals surface area contributed by atoms with Gasteiger partial charge < -0.3 is 10.2 Å². The lowest BCUT2D eigenvalue weighted by Crippen LogP contribution is -2.35. The first-order chi connectivity index (χ1) is 14.4. The van der Waals surface area contributed by atoms with Gasteiger partial charge in [0.25, 0.3) is 5.91 Å². The van der Waals surface area contributed by atoms with E-state index >= 15 is 0 Å². The minimum Gasteiger partial charge on any atom is -0.386 e. The van der Waals surface area contributed by atoms with Gasteiger partial charge in [-0.1, -0.05) is 40.8 Å². The van der Waals surface area contributed by atoms with Crippen LogP contribution in [0.5, 0.6) is 0 Å². The Bertz CT molecular complexity index is 1020. The molecule has 1 heterocycles. The van der Waals surface area contributed by atoms with Gasteiger partial charge in [-0.2, -0.15) is 4.31 Å². The van der Waals surface area contributed by atoms with E-state index in [9.17, 15) is 13.2 Å². The molecule has 1 fully saturated rings. The van der Waals surface area contributed by atoms with E-state index in [0.717, 1.165) is 19.3 Å². The molecule has 3 rings (SSSR count). The second kappa shape index (κ2) is 10.3. The van der Waals surface area contributed by atoms with Crippen molar-refractivity contribution in [3.63, 3.8) is 0 Å². The van der Waals surface area contributed by atoms with Crippen molar-refractivity contribution in [2.75, 3.05) is 25.0 Å². The van der Waals surface area contributed by atoms with Gasteiger partial charge in [-0.3, -0.25) is 4.79 Å². The van der Waals surface area contributed by atoms with Gasteiger partial charge in [0.1, 0.15) is 0 Å². The van der Waals surface area contributed by atoms with Gasteiger partial charge in [-0.15, -0.1) is 0 Å². The lowest BCUT2D eigenvalue weighted by atomic mass is 10.2. The molecule has 30 heavy (non-hydrogen) atoms. The van der Waals surface area contributed by atoms with Crippen molar-refractivity contribution in [1.82, 2.24) is 4.31 Å². The fourth-order valence-electron chi connectivity index (χ4n) is 2.95. The Balaban J connectivity index is 1.50. The van der Waals surface area contributed by atoms with Gasteiger partial charge in [-0.05, 0) is 54.8 Å². The van der Waals surface area contributed by atoms with Crippen LogP contribution in [0, 0.1) is 0 Å². The molecule has 0 unspecified atom stereocenters. The zero-order chi connectivity index (χ0) is 21.6. The summed E-state index contributed by atoms with van der Waals surface area (Å²) in [6.07, 6.45) is 4.22. The molecule has 2 aromatic carbocycles. The second-order valence-corrected chi connectivity index (χ2v) is 9.47. The number of hydrogen-bond acceptors (Lipinski definition) is 5. The third-order valence-electron chi connectivity index (χ3n) is 4.51. The predicted molar refractivity (Wildman–Crippen MR) is 118 cm³/mol. The Morgan fingerprint density at radius 2 is 1.77 bits per heavy atom. The van der Waals surface area contributed by atoms with Crippen LogP contribution in [0.4, 0.5) is 5.69 Å². The van der Waals surface area contributed by atoms with E-state index < -0.39 is 15.9 Å². The van der Waals surface area contributed by atoms with Crippen molar-refractivity contribution in [2.45, 2.75) is 24.2 Å². The zero-order valence-corrected chi connectivity index (χ0v) is 18.4.